The van der Waals surface area contributed by atoms with Crippen LogP contribution in [0.4, 0.5) is 0 Å². The van der Waals surface area contributed by atoms with Gasteiger partial charge in [0.15, 0.2) is 0 Å². The van der Waals surface area contributed by atoms with Crippen LogP contribution >= 0.6 is 0 Å². The minimum absolute atomic E-state index is 0.190. The molecule has 0 radical (unpaired) electrons. The van der Waals surface area contributed by atoms with E-state index in [0.717, 1.165) is 16.7 Å². The molecule has 3 rings (SSSR count). The summed E-state index contributed by atoms with van der Waals surface area (Å²) in [7, 11) is 1.87. The van der Waals surface area contributed by atoms with Gasteiger partial charge in [0.05, 0.1) is 18.4 Å². The number of carbonyl (C=O) groups excluding carboxylic acids is 1. The predicted octanol–water partition coefficient (Wildman–Crippen LogP) is 2.84. The maximum absolute atomic E-state index is 12.3. The molecule has 3 heterocycles. The number of aryl methyl sites for hydroxylation is 1. The quantitative estimate of drug-likeness (QED) is 0.696. The number of nitrogens with zero attached hydrogens (tertiary/aromatic N) is 4. The maximum Gasteiger partial charge on any atom is 0.253 e. The van der Waals surface area contributed by atoms with Gasteiger partial charge < -0.3 is 10.1 Å². The Kier molecular flexibility index (Phi) is 5.80. The Morgan fingerprint density at radius 1 is 1.19 bits per heavy atom. The van der Waals surface area contributed by atoms with E-state index in [1.807, 2.05) is 19.3 Å². The molecular formula is C20H23N5O2. The van der Waals surface area contributed by atoms with Crippen LogP contribution in [0.5, 0.6) is 5.88 Å². The van der Waals surface area contributed by atoms with Crippen LogP contribution in [0.25, 0.3) is 11.1 Å². The van der Waals surface area contributed by atoms with Crippen LogP contribution in [0.1, 0.15) is 29.8 Å². The van der Waals surface area contributed by atoms with Crippen LogP contribution in [0.2, 0.25) is 0 Å². The van der Waals surface area contributed by atoms with Crippen molar-refractivity contribution >= 4 is 5.91 Å². The van der Waals surface area contributed by atoms with E-state index in [0.29, 0.717) is 30.5 Å². The van der Waals surface area contributed by atoms with Gasteiger partial charge in [0, 0.05) is 55.6 Å². The Labute approximate surface area is 158 Å². The molecule has 0 aliphatic heterocycles. The number of pyridine rings is 2. The minimum Gasteiger partial charge on any atom is -0.477 e. The lowest BCUT2D eigenvalue weighted by atomic mass is 10.1. The van der Waals surface area contributed by atoms with E-state index < -0.39 is 0 Å². The van der Waals surface area contributed by atoms with Crippen molar-refractivity contribution in [3.8, 4) is 17.0 Å². The van der Waals surface area contributed by atoms with Crippen molar-refractivity contribution in [1.82, 2.24) is 25.1 Å². The zero-order valence-electron chi connectivity index (χ0n) is 15.7. The third-order valence-electron chi connectivity index (χ3n) is 3.85. The van der Waals surface area contributed by atoms with Crippen molar-refractivity contribution in [3.05, 3.63) is 60.3 Å². The maximum atomic E-state index is 12.3. The first-order chi connectivity index (χ1) is 13.0. The highest BCUT2D eigenvalue weighted by Crippen LogP contribution is 2.18. The first-order valence-electron chi connectivity index (χ1n) is 8.81. The average molecular weight is 365 g/mol. The fraction of sp³-hybridized carbons (Fsp3) is 0.300. The molecule has 1 amide bonds. The molecular weight excluding hydrogens is 342 g/mol. The number of hydrogen-bond acceptors (Lipinski definition) is 5. The topological polar surface area (TPSA) is 81.9 Å². The van der Waals surface area contributed by atoms with E-state index in [-0.39, 0.29) is 5.91 Å². The van der Waals surface area contributed by atoms with Crippen LogP contribution in [-0.4, -0.2) is 32.3 Å². The number of hydrogen-bond donors (Lipinski definition) is 1. The summed E-state index contributed by atoms with van der Waals surface area (Å²) in [6, 6.07) is 5.41. The van der Waals surface area contributed by atoms with Gasteiger partial charge in [-0.05, 0) is 23.6 Å². The first-order valence-corrected chi connectivity index (χ1v) is 8.81. The Balaban J connectivity index is 1.59. The number of carbonyl (C=O) groups is 1. The van der Waals surface area contributed by atoms with E-state index >= 15 is 0 Å². The lowest BCUT2D eigenvalue weighted by molar-refractivity contribution is 0.0950. The summed E-state index contributed by atoms with van der Waals surface area (Å²) in [6.07, 6.45) is 8.75. The van der Waals surface area contributed by atoms with E-state index in [1.165, 1.54) is 6.20 Å². The summed E-state index contributed by atoms with van der Waals surface area (Å²) in [5.41, 5.74) is 3.35. The van der Waals surface area contributed by atoms with Gasteiger partial charge in [-0.15, -0.1) is 0 Å². The molecule has 0 aromatic carbocycles. The summed E-state index contributed by atoms with van der Waals surface area (Å²) in [5, 5.41) is 7.06. The standard InChI is InChI=1S/C20H23N5O2/c1-14(2)13-27-19-5-4-16(10-22-19)20(26)23-8-15-6-17(9-21-7-15)18-11-24-25(3)12-18/h4-7,9-12,14H,8,13H2,1-3H3,(H,23,26). The van der Waals surface area contributed by atoms with Gasteiger partial charge in [-0.1, -0.05) is 13.8 Å². The molecule has 0 spiro atoms. The Bertz CT molecular complexity index is 903. The summed E-state index contributed by atoms with van der Waals surface area (Å²) in [5.74, 6) is 0.754. The van der Waals surface area contributed by atoms with Gasteiger partial charge in [0.2, 0.25) is 5.88 Å². The van der Waals surface area contributed by atoms with Gasteiger partial charge in [0.1, 0.15) is 0 Å². The Morgan fingerprint density at radius 3 is 2.70 bits per heavy atom. The van der Waals surface area contributed by atoms with Crippen molar-refractivity contribution in [3.63, 3.8) is 0 Å². The summed E-state index contributed by atoms with van der Waals surface area (Å²) < 4.78 is 7.27. The molecule has 3 aromatic heterocycles. The molecule has 3 aromatic rings. The highest BCUT2D eigenvalue weighted by molar-refractivity contribution is 5.93. The molecule has 0 unspecified atom stereocenters. The molecule has 0 fully saturated rings. The van der Waals surface area contributed by atoms with E-state index in [9.17, 15) is 4.79 Å². The van der Waals surface area contributed by atoms with Gasteiger partial charge >= 0.3 is 0 Å². The average Bonchev–Trinajstić information content (AvgIpc) is 3.11. The number of aromatic nitrogens is 4. The summed E-state index contributed by atoms with van der Waals surface area (Å²) >= 11 is 0. The van der Waals surface area contributed by atoms with Crippen LogP contribution in [-0.2, 0) is 13.6 Å². The Morgan fingerprint density at radius 2 is 2.04 bits per heavy atom. The smallest absolute Gasteiger partial charge is 0.253 e. The molecule has 0 saturated heterocycles. The van der Waals surface area contributed by atoms with Gasteiger partial charge in [-0.2, -0.15) is 5.10 Å². The second kappa shape index (κ2) is 8.44. The molecule has 140 valence electrons. The van der Waals surface area contributed by atoms with E-state index in [4.69, 9.17) is 4.74 Å². The zero-order valence-corrected chi connectivity index (χ0v) is 15.7. The van der Waals surface area contributed by atoms with Crippen molar-refractivity contribution in [2.75, 3.05) is 6.61 Å². The highest BCUT2D eigenvalue weighted by atomic mass is 16.5. The fourth-order valence-corrected chi connectivity index (χ4v) is 2.45. The second-order valence-corrected chi connectivity index (χ2v) is 6.76. The SMILES string of the molecule is CC(C)COc1ccc(C(=O)NCc2cncc(-c3cnn(C)c3)c2)cn1. The molecule has 0 atom stereocenters. The largest absolute Gasteiger partial charge is 0.477 e. The van der Waals surface area contributed by atoms with Gasteiger partial charge in [-0.3, -0.25) is 14.5 Å². The molecule has 7 heteroatoms. The molecule has 0 aliphatic carbocycles. The van der Waals surface area contributed by atoms with Gasteiger partial charge in [0.25, 0.3) is 5.91 Å². The summed E-state index contributed by atoms with van der Waals surface area (Å²) in [4.78, 5) is 20.8. The molecule has 0 saturated carbocycles. The van der Waals surface area contributed by atoms with Crippen molar-refractivity contribution in [1.29, 1.82) is 0 Å². The predicted molar refractivity (Wildman–Crippen MR) is 102 cm³/mol. The van der Waals surface area contributed by atoms with E-state index in [2.05, 4.69) is 34.2 Å². The Hall–Kier alpha value is -3.22. The molecule has 1 N–H and O–H groups in total. The lowest BCUT2D eigenvalue weighted by Crippen LogP contribution is -2.23. The van der Waals surface area contributed by atoms with Crippen molar-refractivity contribution in [2.24, 2.45) is 13.0 Å². The normalized spacial score (nSPS) is 10.8. The fourth-order valence-electron chi connectivity index (χ4n) is 2.45. The van der Waals surface area contributed by atoms with Crippen LogP contribution < -0.4 is 10.1 Å². The van der Waals surface area contributed by atoms with E-state index in [1.54, 1.807) is 35.4 Å². The monoisotopic (exact) mass is 365 g/mol. The lowest BCUT2D eigenvalue weighted by Gasteiger charge is -2.09. The third-order valence-corrected chi connectivity index (χ3v) is 3.85. The first kappa shape index (κ1) is 18.6. The van der Waals surface area contributed by atoms with Crippen LogP contribution in [0, 0.1) is 5.92 Å². The summed E-state index contributed by atoms with van der Waals surface area (Å²) in [6.45, 7) is 5.12. The van der Waals surface area contributed by atoms with Gasteiger partial charge in [-0.25, -0.2) is 4.98 Å². The third kappa shape index (κ3) is 5.13. The number of rotatable bonds is 7. The van der Waals surface area contributed by atoms with Crippen LogP contribution in [0.3, 0.4) is 0 Å². The van der Waals surface area contributed by atoms with Crippen LogP contribution in [0.15, 0.2) is 49.2 Å². The number of nitrogens with one attached hydrogen (secondary N) is 1. The highest BCUT2D eigenvalue weighted by Gasteiger charge is 2.08. The zero-order chi connectivity index (χ0) is 19.2. The van der Waals surface area contributed by atoms with Crippen molar-refractivity contribution < 1.29 is 9.53 Å². The molecule has 0 bridgehead atoms. The van der Waals surface area contributed by atoms with Crippen molar-refractivity contribution in [2.45, 2.75) is 20.4 Å². The second-order valence-electron chi connectivity index (χ2n) is 6.76. The number of ether oxygens (including phenoxy) is 1. The molecule has 27 heavy (non-hydrogen) atoms. The minimum atomic E-state index is -0.190. The molecule has 0 aliphatic rings. The molecule has 7 nitrogen and oxygen atoms in total. The number of amides is 1.